The van der Waals surface area contributed by atoms with Crippen molar-refractivity contribution in [1.29, 1.82) is 0 Å². The first kappa shape index (κ1) is 14.8. The molecule has 0 aliphatic heterocycles. The molecule has 0 rings (SSSR count). The fraction of sp³-hybridized carbons (Fsp3) is 0. The number of nitrogens with one attached hydrogen (secondary N) is 1. The average Bonchev–Trinajstić information content (AvgIpc) is 1.12. The fourth-order valence-corrected chi connectivity index (χ4v) is 0.423. The van der Waals surface area contributed by atoms with Crippen molar-refractivity contribution in [2.75, 3.05) is 0 Å². The number of hydrogen-bond acceptors (Lipinski definition) is 2. The number of hydrogen-bond donors (Lipinski definition) is 1. The number of halogens is 5. The maximum absolute atomic E-state index is 10.9. The number of nitrogens with zero attached hydrogens (tertiary/aromatic N) is 1. The summed E-state index contributed by atoms with van der Waals surface area (Å²) in [6, 6.07) is 0. The third kappa shape index (κ3) is 14.1. The Kier molecular flexibility index (Phi) is 3.87. The van der Waals surface area contributed by atoms with E-state index >= 15 is 0 Å². The summed E-state index contributed by atoms with van der Waals surface area (Å²) >= 11 is 0. The molecule has 0 aliphatic carbocycles. The van der Waals surface area contributed by atoms with E-state index in [4.69, 9.17) is 10.1 Å². The fourth-order valence-electron chi connectivity index (χ4n) is 0.141. The minimum atomic E-state index is -10.1. The quantitative estimate of drug-likeness (QED) is 0.474. The van der Waals surface area contributed by atoms with E-state index in [1.54, 1.807) is 0 Å². The Bertz CT molecular complexity index is 170. The van der Waals surface area contributed by atoms with Crippen molar-refractivity contribution < 1.29 is 24.5 Å². The van der Waals surface area contributed by atoms with Crippen LogP contribution < -0.4 is 4.83 Å². The summed E-state index contributed by atoms with van der Waals surface area (Å²) in [4.78, 5) is 7.99. The van der Waals surface area contributed by atoms with Gasteiger partial charge in [0.25, 0.3) is 0 Å². The molecule has 0 aromatic rings. The Labute approximate surface area is 116 Å². The van der Waals surface area contributed by atoms with Crippen LogP contribution in [0.1, 0.15) is 0 Å². The van der Waals surface area contributed by atoms with Crippen LogP contribution in [-0.4, -0.2) is 73.9 Å². The molecule has 0 unspecified atom stereocenters. The molecule has 4 nitrogen and oxygen atoms in total. The van der Waals surface area contributed by atoms with Crippen molar-refractivity contribution in [2.24, 2.45) is 0 Å². The van der Waals surface area contributed by atoms with Crippen LogP contribution >= 0.6 is 10.4 Å². The zero-order valence-electron chi connectivity index (χ0n) is 4.06. The van der Waals surface area contributed by atoms with E-state index in [1.165, 1.54) is 0 Å². The van der Waals surface area contributed by atoms with E-state index in [-0.39, 0.29) is 68.9 Å². The molecular formula is H2CsF5N2O2S. The van der Waals surface area contributed by atoms with Crippen molar-refractivity contribution in [3.63, 3.8) is 0 Å². The molecule has 0 aromatic heterocycles. The first-order valence-corrected chi connectivity index (χ1v) is 3.52. The Balaban J connectivity index is 0. The van der Waals surface area contributed by atoms with Crippen LogP contribution in [0.25, 0.3) is 0 Å². The molecule has 0 bridgehead atoms. The van der Waals surface area contributed by atoms with Gasteiger partial charge in [-0.2, -0.15) is 0 Å². The van der Waals surface area contributed by atoms with Gasteiger partial charge >= 0.3 is 79.3 Å². The van der Waals surface area contributed by atoms with Crippen LogP contribution in [0.5, 0.6) is 0 Å². The Morgan fingerprint density at radius 1 is 1.18 bits per heavy atom. The van der Waals surface area contributed by atoms with Crippen molar-refractivity contribution in [2.45, 2.75) is 0 Å². The molecule has 11 heteroatoms. The average molecular weight is 322 g/mol. The summed E-state index contributed by atoms with van der Waals surface area (Å²) in [5.41, 5.74) is 0. The van der Waals surface area contributed by atoms with Crippen LogP contribution in [0.2, 0.25) is 0 Å². The molecule has 0 heterocycles. The molecule has 0 saturated carbocycles. The predicted octanol–water partition coefficient (Wildman–Crippen LogP) is 1.33. The summed E-state index contributed by atoms with van der Waals surface area (Å²) in [7, 11) is -10.1. The second kappa shape index (κ2) is 2.88. The summed E-state index contributed by atoms with van der Waals surface area (Å²) in [6.07, 6.45) is 0. The Morgan fingerprint density at radius 3 is 1.45 bits per heavy atom. The molecule has 0 fully saturated rings. The van der Waals surface area contributed by atoms with E-state index in [1.807, 2.05) is 0 Å². The molecule has 66 valence electrons. The zero-order chi connectivity index (χ0) is 8.69. The number of rotatable bonds is 2. The molecular weight excluding hydrogens is 320 g/mol. The van der Waals surface area contributed by atoms with Gasteiger partial charge in [-0.15, -0.1) is 0 Å². The van der Waals surface area contributed by atoms with E-state index in [9.17, 15) is 19.4 Å². The SMILES string of the molecule is O=[N+]([O-])NS(F)(F)(F)(F)F.[CsH]. The minimum absolute atomic E-state index is 0. The Morgan fingerprint density at radius 2 is 1.45 bits per heavy atom. The molecule has 0 aromatic carbocycles. The van der Waals surface area contributed by atoms with Gasteiger partial charge in [0.1, 0.15) is 0 Å². The van der Waals surface area contributed by atoms with E-state index < -0.39 is 20.3 Å². The van der Waals surface area contributed by atoms with Gasteiger partial charge in [-0.25, -0.2) is 10.1 Å². The monoisotopic (exact) mass is 322 g/mol. The van der Waals surface area contributed by atoms with Gasteiger partial charge in [-0.3, -0.25) is 0 Å². The molecule has 0 amide bonds. The molecule has 0 radical (unpaired) electrons. The maximum atomic E-state index is 10.9. The van der Waals surface area contributed by atoms with Crippen LogP contribution in [0.15, 0.2) is 0 Å². The third-order valence-corrected chi connectivity index (χ3v) is 0.741. The second-order valence-electron chi connectivity index (χ2n) is 1.32. The number of hydrazine groups is 1. The predicted molar refractivity (Wildman–Crippen MR) is 30.4 cm³/mol. The van der Waals surface area contributed by atoms with Gasteiger partial charge in [-0.1, -0.05) is 19.4 Å². The van der Waals surface area contributed by atoms with Crippen molar-refractivity contribution in [3.8, 4) is 0 Å². The van der Waals surface area contributed by atoms with Crippen LogP contribution in [0, 0.1) is 10.1 Å². The zero-order valence-corrected chi connectivity index (χ0v) is 4.88. The topological polar surface area (TPSA) is 55.2 Å². The third-order valence-electron chi connectivity index (χ3n) is 0.247. The molecule has 1 N–H and O–H groups in total. The standard InChI is InChI=1S/Cs.F5HN2O2S.H/c;1-10(2,3,4,5)6-7(8)9;/h;6H;. The summed E-state index contributed by atoms with van der Waals surface area (Å²) in [5.74, 6) is 0. The second-order valence-corrected chi connectivity index (χ2v) is 3.44. The van der Waals surface area contributed by atoms with E-state index in [2.05, 4.69) is 0 Å². The van der Waals surface area contributed by atoms with Crippen LogP contribution in [0.4, 0.5) is 19.4 Å². The van der Waals surface area contributed by atoms with Gasteiger partial charge < -0.3 is 0 Å². The molecule has 0 aliphatic rings. The summed E-state index contributed by atoms with van der Waals surface area (Å²) in [5, 5.41) is 6.60. The first-order chi connectivity index (χ1) is 3.89. The normalized spacial score (nSPS) is 17.2. The van der Waals surface area contributed by atoms with Gasteiger partial charge in [0, 0.05) is 4.83 Å². The number of nitro groups is 1. The Hall–Kier alpha value is 1.25. The molecule has 0 atom stereocenters. The van der Waals surface area contributed by atoms with E-state index in [0.717, 1.165) is 0 Å². The summed E-state index contributed by atoms with van der Waals surface area (Å²) < 4.78 is 54.6. The van der Waals surface area contributed by atoms with Crippen LogP contribution in [0.3, 0.4) is 0 Å². The first-order valence-electron chi connectivity index (χ1n) is 1.56. The van der Waals surface area contributed by atoms with Gasteiger partial charge in [0.2, 0.25) is 0 Å². The van der Waals surface area contributed by atoms with E-state index in [0.29, 0.717) is 0 Å². The van der Waals surface area contributed by atoms with Crippen molar-refractivity contribution in [3.05, 3.63) is 10.1 Å². The van der Waals surface area contributed by atoms with Gasteiger partial charge in [0.05, 0.1) is 0 Å². The molecule has 0 saturated heterocycles. The van der Waals surface area contributed by atoms with Gasteiger partial charge in [0.15, 0.2) is 5.03 Å². The molecule has 11 heavy (non-hydrogen) atoms. The molecule has 0 spiro atoms. The van der Waals surface area contributed by atoms with Gasteiger partial charge in [-0.05, 0) is 0 Å². The van der Waals surface area contributed by atoms with Crippen molar-refractivity contribution in [1.82, 2.24) is 4.83 Å². The van der Waals surface area contributed by atoms with Crippen molar-refractivity contribution >= 4 is 79.3 Å². The van der Waals surface area contributed by atoms with Crippen LogP contribution in [-0.2, 0) is 0 Å². The summed E-state index contributed by atoms with van der Waals surface area (Å²) in [6.45, 7) is 0.